The molecule has 1 aliphatic rings. The van der Waals surface area contributed by atoms with Gasteiger partial charge in [-0.1, -0.05) is 52.5 Å². The predicted octanol–water partition coefficient (Wildman–Crippen LogP) is 6.71. The summed E-state index contributed by atoms with van der Waals surface area (Å²) in [5.74, 6) is -2.82. The fourth-order valence-corrected chi connectivity index (χ4v) is 5.23. The summed E-state index contributed by atoms with van der Waals surface area (Å²) < 4.78 is 43.3. The molecule has 0 aliphatic carbocycles. The van der Waals surface area contributed by atoms with Crippen molar-refractivity contribution < 1.29 is 18.0 Å². The number of anilines is 2. The van der Waals surface area contributed by atoms with Gasteiger partial charge >= 0.3 is 6.18 Å². The Morgan fingerprint density at radius 3 is 2.34 bits per heavy atom. The van der Waals surface area contributed by atoms with Crippen LogP contribution in [0.25, 0.3) is 11.0 Å². The number of aryl methyl sites for hydroxylation is 1. The van der Waals surface area contributed by atoms with E-state index in [2.05, 4.69) is 4.98 Å². The largest absolute Gasteiger partial charge is 0.396 e. The SMILES string of the molecule is NC(=O)CC(c1ccc(Cl)c2nc3n(c12)CCCN3c1c(Cl)cc(Cl)cc1Cl)C(F)(F)F. The third kappa shape index (κ3) is 4.09. The van der Waals surface area contributed by atoms with Crippen LogP contribution >= 0.6 is 46.4 Å². The zero-order valence-electron chi connectivity index (χ0n) is 16.2. The number of carbonyl (C=O) groups is 1. The minimum atomic E-state index is -4.70. The third-order valence-electron chi connectivity index (χ3n) is 5.29. The Kier molecular flexibility index (Phi) is 6.17. The Labute approximate surface area is 200 Å². The molecule has 1 unspecified atom stereocenters. The van der Waals surface area contributed by atoms with Crippen molar-refractivity contribution in [1.29, 1.82) is 0 Å². The van der Waals surface area contributed by atoms with E-state index in [0.717, 1.165) is 0 Å². The molecule has 2 N–H and O–H groups in total. The number of nitrogens with zero attached hydrogens (tertiary/aromatic N) is 3. The second-order valence-electron chi connectivity index (χ2n) is 7.39. The van der Waals surface area contributed by atoms with Crippen molar-refractivity contribution in [3.05, 3.63) is 49.9 Å². The first kappa shape index (κ1) is 23.3. The molecule has 1 atom stereocenters. The van der Waals surface area contributed by atoms with E-state index in [0.29, 0.717) is 36.2 Å². The third-order valence-corrected chi connectivity index (χ3v) is 6.39. The van der Waals surface area contributed by atoms with Crippen molar-refractivity contribution in [2.45, 2.75) is 31.5 Å². The van der Waals surface area contributed by atoms with E-state index in [9.17, 15) is 18.0 Å². The molecule has 1 aliphatic heterocycles. The molecule has 2 aromatic carbocycles. The summed E-state index contributed by atoms with van der Waals surface area (Å²) in [5.41, 5.74) is 5.82. The topological polar surface area (TPSA) is 64.2 Å². The van der Waals surface area contributed by atoms with E-state index in [1.165, 1.54) is 24.3 Å². The van der Waals surface area contributed by atoms with E-state index in [-0.39, 0.29) is 31.7 Å². The zero-order chi connectivity index (χ0) is 23.4. The number of nitrogens with two attached hydrogens (primary N) is 1. The number of hydrogen-bond donors (Lipinski definition) is 1. The fraction of sp³-hybridized carbons (Fsp3) is 0.300. The lowest BCUT2D eigenvalue weighted by Gasteiger charge is -2.31. The van der Waals surface area contributed by atoms with Crippen LogP contribution in [-0.4, -0.2) is 28.2 Å². The van der Waals surface area contributed by atoms with Gasteiger partial charge in [-0.15, -0.1) is 0 Å². The lowest BCUT2D eigenvalue weighted by atomic mass is 9.93. The van der Waals surface area contributed by atoms with Gasteiger partial charge in [-0.05, 0) is 30.2 Å². The number of hydrogen-bond acceptors (Lipinski definition) is 3. The van der Waals surface area contributed by atoms with E-state index in [4.69, 9.17) is 52.1 Å². The van der Waals surface area contributed by atoms with Crippen LogP contribution in [0.5, 0.6) is 0 Å². The maximum Gasteiger partial charge on any atom is 0.396 e. The molecular weight excluding hydrogens is 511 g/mol. The average molecular weight is 526 g/mol. The number of rotatable bonds is 4. The summed E-state index contributed by atoms with van der Waals surface area (Å²) >= 11 is 25.1. The fourth-order valence-electron chi connectivity index (χ4n) is 4.01. The number of aromatic nitrogens is 2. The highest BCUT2D eigenvalue weighted by molar-refractivity contribution is 6.42. The van der Waals surface area contributed by atoms with Crippen molar-refractivity contribution in [3.8, 4) is 0 Å². The van der Waals surface area contributed by atoms with Gasteiger partial charge in [-0.25, -0.2) is 4.98 Å². The molecular formula is C20H15Cl4F3N4O. The number of benzene rings is 2. The normalized spacial score (nSPS) is 15.2. The van der Waals surface area contributed by atoms with Crippen molar-refractivity contribution in [2.75, 3.05) is 11.4 Å². The maximum atomic E-state index is 13.9. The predicted molar refractivity (Wildman–Crippen MR) is 120 cm³/mol. The van der Waals surface area contributed by atoms with Gasteiger partial charge in [-0.2, -0.15) is 13.2 Å². The molecule has 12 heteroatoms. The van der Waals surface area contributed by atoms with Crippen LogP contribution in [0, 0.1) is 0 Å². The monoisotopic (exact) mass is 524 g/mol. The highest BCUT2D eigenvalue weighted by Crippen LogP contribution is 2.46. The van der Waals surface area contributed by atoms with Crippen LogP contribution in [0.15, 0.2) is 24.3 Å². The van der Waals surface area contributed by atoms with Crippen LogP contribution in [0.1, 0.15) is 24.3 Å². The smallest absolute Gasteiger partial charge is 0.370 e. The van der Waals surface area contributed by atoms with Gasteiger partial charge in [0.25, 0.3) is 0 Å². The first-order valence-electron chi connectivity index (χ1n) is 9.44. The number of primary amides is 1. The first-order valence-corrected chi connectivity index (χ1v) is 11.0. The van der Waals surface area contributed by atoms with Crippen LogP contribution in [0.4, 0.5) is 24.8 Å². The molecule has 3 aromatic rings. The van der Waals surface area contributed by atoms with Gasteiger partial charge in [0, 0.05) is 24.5 Å². The summed E-state index contributed by atoms with van der Waals surface area (Å²) in [7, 11) is 0. The molecule has 1 amide bonds. The minimum Gasteiger partial charge on any atom is -0.370 e. The number of imidazole rings is 1. The van der Waals surface area contributed by atoms with Crippen molar-refractivity contribution >= 4 is 75.0 Å². The number of halogens is 7. The van der Waals surface area contributed by atoms with E-state index < -0.39 is 24.4 Å². The van der Waals surface area contributed by atoms with Crippen LogP contribution in [0.3, 0.4) is 0 Å². The van der Waals surface area contributed by atoms with Crippen LogP contribution in [0.2, 0.25) is 20.1 Å². The molecule has 2 heterocycles. The Morgan fingerprint density at radius 2 is 1.75 bits per heavy atom. The van der Waals surface area contributed by atoms with Crippen molar-refractivity contribution in [2.24, 2.45) is 5.73 Å². The molecule has 170 valence electrons. The standard InChI is InChI=1S/C20H15Cl4F3N4O/c21-9-6-13(23)18(14(24)7-9)31-5-1-4-30-17-10(11(8-15(28)32)20(25,26)27)2-3-12(22)16(17)29-19(30)31/h2-3,6-7,11H,1,4-5,8H2,(H2,28,32). The second kappa shape index (κ2) is 8.48. The molecule has 1 aromatic heterocycles. The second-order valence-corrected chi connectivity index (χ2v) is 9.04. The molecule has 0 bridgehead atoms. The summed E-state index contributed by atoms with van der Waals surface area (Å²) in [5, 5.41) is 1.07. The molecule has 0 saturated carbocycles. The summed E-state index contributed by atoms with van der Waals surface area (Å²) in [6.07, 6.45) is -5.01. The number of carbonyl (C=O) groups excluding carboxylic acids is 1. The Bertz CT molecular complexity index is 1200. The van der Waals surface area contributed by atoms with E-state index in [1.54, 1.807) is 9.47 Å². The highest BCUT2D eigenvalue weighted by Gasteiger charge is 2.43. The van der Waals surface area contributed by atoms with Crippen LogP contribution in [-0.2, 0) is 11.3 Å². The van der Waals surface area contributed by atoms with E-state index >= 15 is 0 Å². The average Bonchev–Trinajstić information content (AvgIpc) is 3.07. The van der Waals surface area contributed by atoms with Gasteiger partial charge in [0.15, 0.2) is 0 Å². The van der Waals surface area contributed by atoms with E-state index in [1.807, 2.05) is 0 Å². The lowest BCUT2D eigenvalue weighted by Crippen LogP contribution is -2.30. The number of amides is 1. The molecule has 32 heavy (non-hydrogen) atoms. The molecule has 4 rings (SSSR count). The lowest BCUT2D eigenvalue weighted by molar-refractivity contribution is -0.156. The molecule has 0 radical (unpaired) electrons. The zero-order valence-corrected chi connectivity index (χ0v) is 19.2. The summed E-state index contributed by atoms with van der Waals surface area (Å²) in [6.45, 7) is 0.862. The number of alkyl halides is 3. The van der Waals surface area contributed by atoms with Crippen LogP contribution < -0.4 is 10.6 Å². The van der Waals surface area contributed by atoms with Gasteiger partial charge in [-0.3, -0.25) is 4.79 Å². The highest BCUT2D eigenvalue weighted by atomic mass is 35.5. The quantitative estimate of drug-likeness (QED) is 0.411. The van der Waals surface area contributed by atoms with Crippen molar-refractivity contribution in [3.63, 3.8) is 0 Å². The molecule has 0 fully saturated rings. The Morgan fingerprint density at radius 1 is 1.09 bits per heavy atom. The summed E-state index contributed by atoms with van der Waals surface area (Å²) in [6, 6.07) is 5.65. The molecule has 0 spiro atoms. The van der Waals surface area contributed by atoms with Gasteiger partial charge in [0.05, 0.1) is 32.2 Å². The Balaban J connectivity index is 1.97. The Hall–Kier alpha value is -1.87. The van der Waals surface area contributed by atoms with Gasteiger partial charge < -0.3 is 15.2 Å². The first-order chi connectivity index (χ1) is 15.0. The molecule has 0 saturated heterocycles. The molecule has 5 nitrogen and oxygen atoms in total. The summed E-state index contributed by atoms with van der Waals surface area (Å²) in [4.78, 5) is 17.7. The number of fused-ring (bicyclic) bond motifs is 3. The van der Waals surface area contributed by atoms with Gasteiger partial charge in [0.2, 0.25) is 11.9 Å². The maximum absolute atomic E-state index is 13.9. The minimum absolute atomic E-state index is 0.121. The van der Waals surface area contributed by atoms with Gasteiger partial charge in [0.1, 0.15) is 5.52 Å². The van der Waals surface area contributed by atoms with Crippen molar-refractivity contribution in [1.82, 2.24) is 9.55 Å².